The zero-order chi connectivity index (χ0) is 20.1. The van der Waals surface area contributed by atoms with E-state index in [2.05, 4.69) is 10.6 Å². The first-order valence-electron chi connectivity index (χ1n) is 8.67. The highest BCUT2D eigenvalue weighted by atomic mass is 32.2. The van der Waals surface area contributed by atoms with Crippen LogP contribution < -0.4 is 15.4 Å². The van der Waals surface area contributed by atoms with E-state index in [0.29, 0.717) is 11.4 Å². The number of benzene rings is 2. The molecule has 0 radical (unpaired) electrons. The Hall–Kier alpha value is -3.00. The second kappa shape index (κ2) is 8.79. The van der Waals surface area contributed by atoms with Crippen molar-refractivity contribution < 1.29 is 23.9 Å². The van der Waals surface area contributed by atoms with Crippen molar-refractivity contribution in [2.45, 2.75) is 29.6 Å². The van der Waals surface area contributed by atoms with Crippen LogP contribution in [0.4, 0.5) is 11.4 Å². The zero-order valence-corrected chi connectivity index (χ0v) is 16.2. The van der Waals surface area contributed by atoms with E-state index >= 15 is 0 Å². The van der Waals surface area contributed by atoms with Gasteiger partial charge in [0.15, 0.2) is 6.10 Å². The second-order valence-electron chi connectivity index (χ2n) is 6.15. The number of esters is 1. The number of carbonyl (C=O) groups excluding carboxylic acids is 3. The van der Waals surface area contributed by atoms with Gasteiger partial charge in [-0.05, 0) is 31.2 Å². The third-order valence-electron chi connectivity index (χ3n) is 4.07. The number of nitrogens with one attached hydrogen (secondary N) is 2. The summed E-state index contributed by atoms with van der Waals surface area (Å²) in [5, 5.41) is 4.84. The van der Waals surface area contributed by atoms with Crippen LogP contribution in [0.25, 0.3) is 0 Å². The summed E-state index contributed by atoms with van der Waals surface area (Å²) in [4.78, 5) is 37.6. The average molecular weight is 400 g/mol. The molecule has 0 aromatic heterocycles. The maximum Gasteiger partial charge on any atom is 0.308 e. The van der Waals surface area contributed by atoms with Gasteiger partial charge in [-0.1, -0.05) is 18.2 Å². The highest BCUT2D eigenvalue weighted by Gasteiger charge is 2.30. The first-order chi connectivity index (χ1) is 13.5. The average Bonchev–Trinajstić information content (AvgIpc) is 2.68. The van der Waals surface area contributed by atoms with Crippen LogP contribution in [0.1, 0.15) is 13.3 Å². The molecule has 28 heavy (non-hydrogen) atoms. The first-order valence-corrected chi connectivity index (χ1v) is 9.55. The summed E-state index contributed by atoms with van der Waals surface area (Å²) in [7, 11) is 1.53. The van der Waals surface area contributed by atoms with Gasteiger partial charge in [-0.15, -0.1) is 11.8 Å². The molecule has 0 saturated heterocycles. The lowest BCUT2D eigenvalue weighted by Gasteiger charge is -2.23. The molecule has 2 atom stereocenters. The van der Waals surface area contributed by atoms with Crippen molar-refractivity contribution in [2.75, 3.05) is 17.7 Å². The van der Waals surface area contributed by atoms with Crippen LogP contribution in [-0.4, -0.2) is 36.2 Å². The minimum absolute atomic E-state index is 0.123. The summed E-state index contributed by atoms with van der Waals surface area (Å²) < 4.78 is 10.3. The number of hydrogen-bond donors (Lipinski definition) is 2. The van der Waals surface area contributed by atoms with Gasteiger partial charge in [0, 0.05) is 16.6 Å². The van der Waals surface area contributed by atoms with Gasteiger partial charge in [0.05, 0.1) is 24.5 Å². The van der Waals surface area contributed by atoms with Crippen molar-refractivity contribution in [3.05, 3.63) is 48.5 Å². The van der Waals surface area contributed by atoms with Gasteiger partial charge in [0.1, 0.15) is 5.75 Å². The van der Waals surface area contributed by atoms with Crippen LogP contribution in [0.5, 0.6) is 5.75 Å². The molecule has 3 rings (SSSR count). The normalized spacial score (nSPS) is 16.4. The van der Waals surface area contributed by atoms with Crippen molar-refractivity contribution in [3.63, 3.8) is 0 Å². The topological polar surface area (TPSA) is 93.7 Å². The van der Waals surface area contributed by atoms with Crippen LogP contribution in [0.3, 0.4) is 0 Å². The van der Waals surface area contributed by atoms with Crippen molar-refractivity contribution in [1.82, 2.24) is 0 Å². The Morgan fingerprint density at radius 2 is 2.00 bits per heavy atom. The summed E-state index contributed by atoms with van der Waals surface area (Å²) in [5.74, 6) is -0.731. The molecule has 0 saturated carbocycles. The molecule has 1 aliphatic heterocycles. The third kappa shape index (κ3) is 4.83. The van der Waals surface area contributed by atoms with Crippen molar-refractivity contribution in [3.8, 4) is 5.75 Å². The van der Waals surface area contributed by atoms with Gasteiger partial charge in [-0.2, -0.15) is 0 Å². The molecular weight excluding hydrogens is 380 g/mol. The number of fused-ring (bicyclic) bond motifs is 1. The van der Waals surface area contributed by atoms with Crippen LogP contribution >= 0.6 is 11.8 Å². The molecule has 2 aromatic carbocycles. The summed E-state index contributed by atoms with van der Waals surface area (Å²) in [6.07, 6.45) is -1.12. The number of para-hydroxylation sites is 1. The van der Waals surface area contributed by atoms with E-state index in [1.165, 1.54) is 25.8 Å². The number of rotatable bonds is 6. The molecule has 2 aromatic rings. The van der Waals surface area contributed by atoms with Gasteiger partial charge < -0.3 is 20.1 Å². The molecular formula is C20H20N2O5S. The quantitative estimate of drug-likeness (QED) is 0.724. The molecule has 8 heteroatoms. The van der Waals surface area contributed by atoms with E-state index in [9.17, 15) is 14.4 Å². The van der Waals surface area contributed by atoms with E-state index in [4.69, 9.17) is 9.47 Å². The summed E-state index contributed by atoms with van der Waals surface area (Å²) >= 11 is 1.31. The van der Waals surface area contributed by atoms with Crippen LogP contribution in [0.15, 0.2) is 53.4 Å². The largest absolute Gasteiger partial charge is 0.497 e. The predicted octanol–water partition coefficient (Wildman–Crippen LogP) is 3.07. The SMILES string of the molecule is COc1cccc(NC(=O)[C@H](C)OC(=O)C[C@@H]2Sc3ccccc3NC2=O)c1. The number of thioether (sulfide) groups is 1. The van der Waals surface area contributed by atoms with E-state index in [0.717, 1.165) is 10.6 Å². The van der Waals surface area contributed by atoms with Gasteiger partial charge >= 0.3 is 5.97 Å². The first kappa shape index (κ1) is 19.8. The van der Waals surface area contributed by atoms with E-state index < -0.39 is 23.2 Å². The lowest BCUT2D eigenvalue weighted by Crippen LogP contribution is -2.34. The Bertz CT molecular complexity index is 902. The fourth-order valence-corrected chi connectivity index (χ4v) is 3.72. The lowest BCUT2D eigenvalue weighted by molar-refractivity contribution is -0.153. The van der Waals surface area contributed by atoms with Crippen LogP contribution in [-0.2, 0) is 19.1 Å². The molecule has 1 heterocycles. The molecule has 0 aliphatic carbocycles. The standard InChI is InChI=1S/C20H20N2O5S/c1-12(19(24)21-13-6-5-7-14(10-13)26-2)27-18(23)11-17-20(25)22-15-8-3-4-9-16(15)28-17/h3-10,12,17H,11H2,1-2H3,(H,21,24)(H,22,25)/t12-,17-/m0/s1. The predicted molar refractivity (Wildman–Crippen MR) is 107 cm³/mol. The summed E-state index contributed by atoms with van der Waals surface area (Å²) in [6, 6.07) is 14.2. The Balaban J connectivity index is 1.54. The molecule has 2 amide bonds. The van der Waals surface area contributed by atoms with Crippen LogP contribution in [0, 0.1) is 0 Å². The van der Waals surface area contributed by atoms with E-state index in [1.807, 2.05) is 18.2 Å². The van der Waals surface area contributed by atoms with E-state index in [-0.39, 0.29) is 12.3 Å². The smallest absolute Gasteiger partial charge is 0.308 e. The minimum Gasteiger partial charge on any atom is -0.497 e. The molecule has 7 nitrogen and oxygen atoms in total. The maximum absolute atomic E-state index is 12.3. The fourth-order valence-electron chi connectivity index (χ4n) is 2.62. The Morgan fingerprint density at radius 3 is 2.79 bits per heavy atom. The highest BCUT2D eigenvalue weighted by Crippen LogP contribution is 2.36. The van der Waals surface area contributed by atoms with Crippen molar-refractivity contribution in [2.24, 2.45) is 0 Å². The van der Waals surface area contributed by atoms with Crippen LogP contribution in [0.2, 0.25) is 0 Å². The lowest BCUT2D eigenvalue weighted by atomic mass is 10.2. The third-order valence-corrected chi connectivity index (χ3v) is 5.35. The number of methoxy groups -OCH3 is 1. The van der Waals surface area contributed by atoms with E-state index in [1.54, 1.807) is 30.3 Å². The number of ether oxygens (including phenoxy) is 2. The molecule has 0 spiro atoms. The molecule has 0 bridgehead atoms. The fraction of sp³-hybridized carbons (Fsp3) is 0.250. The number of hydrogen-bond acceptors (Lipinski definition) is 6. The molecule has 146 valence electrons. The van der Waals surface area contributed by atoms with Gasteiger partial charge in [0.25, 0.3) is 5.91 Å². The molecule has 0 fully saturated rings. The number of carbonyl (C=O) groups is 3. The van der Waals surface area contributed by atoms with Gasteiger partial charge in [0.2, 0.25) is 5.91 Å². The minimum atomic E-state index is -0.998. The second-order valence-corrected chi connectivity index (χ2v) is 7.39. The number of amides is 2. The Morgan fingerprint density at radius 1 is 1.21 bits per heavy atom. The number of anilines is 2. The molecule has 1 aliphatic rings. The summed E-state index contributed by atoms with van der Waals surface area (Å²) in [5.41, 5.74) is 1.26. The Kier molecular flexibility index (Phi) is 6.20. The molecule has 0 unspecified atom stereocenters. The van der Waals surface area contributed by atoms with Crippen molar-refractivity contribution >= 4 is 40.9 Å². The molecule has 2 N–H and O–H groups in total. The highest BCUT2D eigenvalue weighted by molar-refractivity contribution is 8.01. The van der Waals surface area contributed by atoms with Crippen molar-refractivity contribution in [1.29, 1.82) is 0 Å². The Labute approximate surface area is 166 Å². The zero-order valence-electron chi connectivity index (χ0n) is 15.4. The summed E-state index contributed by atoms with van der Waals surface area (Å²) in [6.45, 7) is 1.48. The van der Waals surface area contributed by atoms with Gasteiger partial charge in [-0.25, -0.2) is 0 Å². The van der Waals surface area contributed by atoms with Gasteiger partial charge in [-0.3, -0.25) is 14.4 Å². The maximum atomic E-state index is 12.3. The monoisotopic (exact) mass is 400 g/mol.